The van der Waals surface area contributed by atoms with E-state index in [-0.39, 0.29) is 11.9 Å². The molecule has 1 aromatic rings. The summed E-state index contributed by atoms with van der Waals surface area (Å²) in [6, 6.07) is 5.83. The lowest BCUT2D eigenvalue weighted by molar-refractivity contribution is -0.122. The highest BCUT2D eigenvalue weighted by Crippen LogP contribution is 2.18. The second kappa shape index (κ2) is 7.01. The summed E-state index contributed by atoms with van der Waals surface area (Å²) in [6.45, 7) is 7.12. The van der Waals surface area contributed by atoms with Gasteiger partial charge in [-0.3, -0.25) is 4.79 Å². The van der Waals surface area contributed by atoms with Gasteiger partial charge < -0.3 is 15.4 Å². The number of nitrogens with one attached hydrogen (secondary N) is 2. The van der Waals surface area contributed by atoms with Crippen LogP contribution in [0.25, 0.3) is 0 Å². The highest BCUT2D eigenvalue weighted by atomic mass is 16.5. The fraction of sp³-hybridized carbons (Fsp3) is 0.500. The van der Waals surface area contributed by atoms with Crippen LogP contribution in [-0.4, -0.2) is 25.6 Å². The predicted molar refractivity (Wildman–Crippen MR) is 72.7 cm³/mol. The van der Waals surface area contributed by atoms with Gasteiger partial charge in [-0.15, -0.1) is 0 Å². The average molecular weight is 250 g/mol. The van der Waals surface area contributed by atoms with Crippen LogP contribution in [0.5, 0.6) is 5.75 Å². The Morgan fingerprint density at radius 2 is 2.17 bits per heavy atom. The lowest BCUT2D eigenvalue weighted by Crippen LogP contribution is -2.41. The second-order valence-electron chi connectivity index (χ2n) is 4.30. The molecule has 2 N–H and O–H groups in total. The minimum Gasteiger partial charge on any atom is -0.496 e. The van der Waals surface area contributed by atoms with Gasteiger partial charge in [-0.25, -0.2) is 0 Å². The maximum atomic E-state index is 11.5. The molecule has 0 heterocycles. The Labute approximate surface area is 109 Å². The van der Waals surface area contributed by atoms with Crippen molar-refractivity contribution in [2.24, 2.45) is 0 Å². The molecule has 1 aromatic carbocycles. The fourth-order valence-corrected chi connectivity index (χ4v) is 1.74. The van der Waals surface area contributed by atoms with Crippen molar-refractivity contribution in [2.75, 3.05) is 13.7 Å². The molecule has 0 saturated heterocycles. The SMILES string of the molecule is CCNC(=O)C(C)NCc1ccc(OC)c(C)c1. The number of carbonyl (C=O) groups is 1. The van der Waals surface area contributed by atoms with Gasteiger partial charge in [-0.05, 0) is 38.0 Å². The highest BCUT2D eigenvalue weighted by Gasteiger charge is 2.10. The maximum absolute atomic E-state index is 11.5. The van der Waals surface area contributed by atoms with Gasteiger partial charge in [0.1, 0.15) is 5.75 Å². The number of methoxy groups -OCH3 is 1. The predicted octanol–water partition coefficient (Wildman–Crippen LogP) is 1.62. The number of likely N-dealkylation sites (N-methyl/N-ethyl adjacent to an activating group) is 1. The smallest absolute Gasteiger partial charge is 0.236 e. The van der Waals surface area contributed by atoms with E-state index in [1.54, 1.807) is 7.11 Å². The molecule has 0 saturated carbocycles. The highest BCUT2D eigenvalue weighted by molar-refractivity contribution is 5.81. The molecule has 0 spiro atoms. The van der Waals surface area contributed by atoms with Gasteiger partial charge >= 0.3 is 0 Å². The van der Waals surface area contributed by atoms with E-state index in [0.717, 1.165) is 16.9 Å². The van der Waals surface area contributed by atoms with E-state index in [1.807, 2.05) is 32.9 Å². The molecule has 1 unspecified atom stereocenters. The first kappa shape index (κ1) is 14.5. The van der Waals surface area contributed by atoms with Crippen LogP contribution in [0.1, 0.15) is 25.0 Å². The van der Waals surface area contributed by atoms with Gasteiger partial charge in [-0.2, -0.15) is 0 Å². The van der Waals surface area contributed by atoms with Gasteiger partial charge in [-0.1, -0.05) is 12.1 Å². The van der Waals surface area contributed by atoms with E-state index in [4.69, 9.17) is 4.74 Å². The quantitative estimate of drug-likeness (QED) is 0.806. The first-order valence-corrected chi connectivity index (χ1v) is 6.23. The van der Waals surface area contributed by atoms with Crippen LogP contribution >= 0.6 is 0 Å². The van der Waals surface area contributed by atoms with Crippen molar-refractivity contribution in [3.05, 3.63) is 29.3 Å². The molecule has 1 amide bonds. The van der Waals surface area contributed by atoms with Crippen molar-refractivity contribution in [2.45, 2.75) is 33.4 Å². The van der Waals surface area contributed by atoms with Crippen LogP contribution < -0.4 is 15.4 Å². The van der Waals surface area contributed by atoms with Crippen LogP contribution in [-0.2, 0) is 11.3 Å². The molecule has 0 aliphatic heterocycles. The van der Waals surface area contributed by atoms with E-state index in [0.29, 0.717) is 13.1 Å². The summed E-state index contributed by atoms with van der Waals surface area (Å²) >= 11 is 0. The fourth-order valence-electron chi connectivity index (χ4n) is 1.74. The number of hydrogen-bond donors (Lipinski definition) is 2. The summed E-state index contributed by atoms with van der Waals surface area (Å²) < 4.78 is 5.21. The van der Waals surface area contributed by atoms with E-state index in [2.05, 4.69) is 16.7 Å². The standard InChI is InChI=1S/C14H22N2O2/c1-5-15-14(17)11(3)16-9-12-6-7-13(18-4)10(2)8-12/h6-8,11,16H,5,9H2,1-4H3,(H,15,17). The molecule has 4 nitrogen and oxygen atoms in total. The second-order valence-corrected chi connectivity index (χ2v) is 4.30. The van der Waals surface area contributed by atoms with Crippen molar-refractivity contribution in [1.82, 2.24) is 10.6 Å². The Kier molecular flexibility index (Phi) is 5.65. The molecular formula is C14H22N2O2. The largest absolute Gasteiger partial charge is 0.496 e. The number of aryl methyl sites for hydroxylation is 1. The Bertz CT molecular complexity index is 405. The zero-order valence-corrected chi connectivity index (χ0v) is 11.5. The Balaban J connectivity index is 2.53. The van der Waals surface area contributed by atoms with Crippen LogP contribution in [0.2, 0.25) is 0 Å². The monoisotopic (exact) mass is 250 g/mol. The van der Waals surface area contributed by atoms with Crippen molar-refractivity contribution in [1.29, 1.82) is 0 Å². The topological polar surface area (TPSA) is 50.4 Å². The van der Waals surface area contributed by atoms with Gasteiger partial charge in [0.25, 0.3) is 0 Å². The van der Waals surface area contributed by atoms with Gasteiger partial charge in [0.05, 0.1) is 13.2 Å². The molecule has 0 bridgehead atoms. The summed E-state index contributed by atoms with van der Waals surface area (Å²) in [6.07, 6.45) is 0. The number of ether oxygens (including phenoxy) is 1. The Morgan fingerprint density at radius 1 is 1.44 bits per heavy atom. The average Bonchev–Trinajstić information content (AvgIpc) is 2.36. The third kappa shape index (κ3) is 4.04. The number of rotatable bonds is 6. The van der Waals surface area contributed by atoms with E-state index < -0.39 is 0 Å². The maximum Gasteiger partial charge on any atom is 0.236 e. The van der Waals surface area contributed by atoms with Crippen molar-refractivity contribution < 1.29 is 9.53 Å². The summed E-state index contributed by atoms with van der Waals surface area (Å²) in [5.74, 6) is 0.915. The van der Waals surface area contributed by atoms with E-state index in [1.165, 1.54) is 0 Å². The third-order valence-corrected chi connectivity index (χ3v) is 2.82. The molecule has 0 radical (unpaired) electrons. The first-order valence-electron chi connectivity index (χ1n) is 6.23. The Morgan fingerprint density at radius 3 is 2.72 bits per heavy atom. The van der Waals surface area contributed by atoms with Gasteiger partial charge in [0, 0.05) is 13.1 Å². The zero-order valence-electron chi connectivity index (χ0n) is 11.5. The molecule has 4 heteroatoms. The Hall–Kier alpha value is -1.55. The van der Waals surface area contributed by atoms with Crippen LogP contribution in [0.3, 0.4) is 0 Å². The van der Waals surface area contributed by atoms with Crippen molar-refractivity contribution in [3.63, 3.8) is 0 Å². The van der Waals surface area contributed by atoms with E-state index in [9.17, 15) is 4.79 Å². The number of amides is 1. The molecule has 0 aromatic heterocycles. The molecule has 0 fully saturated rings. The summed E-state index contributed by atoms with van der Waals surface area (Å²) in [4.78, 5) is 11.5. The molecule has 100 valence electrons. The number of benzene rings is 1. The lowest BCUT2D eigenvalue weighted by Gasteiger charge is -2.14. The van der Waals surface area contributed by atoms with E-state index >= 15 is 0 Å². The molecule has 0 aliphatic carbocycles. The minimum atomic E-state index is -0.188. The molecule has 1 atom stereocenters. The van der Waals surface area contributed by atoms with Crippen molar-refractivity contribution >= 4 is 5.91 Å². The minimum absolute atomic E-state index is 0.0303. The van der Waals surface area contributed by atoms with Crippen LogP contribution in [0, 0.1) is 6.92 Å². The third-order valence-electron chi connectivity index (χ3n) is 2.82. The lowest BCUT2D eigenvalue weighted by atomic mass is 10.1. The van der Waals surface area contributed by atoms with Gasteiger partial charge in [0.2, 0.25) is 5.91 Å². The molecule has 1 rings (SSSR count). The molecule has 0 aliphatic rings. The zero-order chi connectivity index (χ0) is 13.5. The van der Waals surface area contributed by atoms with Gasteiger partial charge in [0.15, 0.2) is 0 Å². The first-order chi connectivity index (χ1) is 8.58. The molecule has 18 heavy (non-hydrogen) atoms. The normalized spacial score (nSPS) is 12.0. The van der Waals surface area contributed by atoms with Crippen LogP contribution in [0.15, 0.2) is 18.2 Å². The summed E-state index contributed by atoms with van der Waals surface area (Å²) in [5.41, 5.74) is 2.24. The van der Waals surface area contributed by atoms with Crippen molar-refractivity contribution in [3.8, 4) is 5.75 Å². The number of carbonyl (C=O) groups excluding carboxylic acids is 1. The summed E-state index contributed by atoms with van der Waals surface area (Å²) in [7, 11) is 1.66. The summed E-state index contributed by atoms with van der Waals surface area (Å²) in [5, 5.41) is 5.99. The number of hydrogen-bond acceptors (Lipinski definition) is 3. The molecular weight excluding hydrogens is 228 g/mol. The van der Waals surface area contributed by atoms with Crippen LogP contribution in [0.4, 0.5) is 0 Å².